The Morgan fingerprint density at radius 3 is 2.78 bits per heavy atom. The Morgan fingerprint density at radius 1 is 1.30 bits per heavy atom. The number of aromatic hydroxyl groups is 1. The lowest BCUT2D eigenvalue weighted by Crippen LogP contribution is -2.13. The summed E-state index contributed by atoms with van der Waals surface area (Å²) in [5.74, 6) is 0.0873. The largest absolute Gasteiger partial charge is 0.507 e. The average Bonchev–Trinajstić information content (AvgIpc) is 2.54. The normalized spacial score (nSPS) is 10.7. The lowest BCUT2D eigenvalue weighted by molar-refractivity contribution is -0.112. The highest BCUT2D eigenvalue weighted by Crippen LogP contribution is 2.21. The van der Waals surface area contributed by atoms with Gasteiger partial charge < -0.3 is 15.2 Å². The van der Waals surface area contributed by atoms with Crippen LogP contribution in [0.4, 0.5) is 5.69 Å². The third-order valence-corrected chi connectivity index (χ3v) is 3.00. The van der Waals surface area contributed by atoms with E-state index in [2.05, 4.69) is 5.32 Å². The van der Waals surface area contributed by atoms with Crippen molar-refractivity contribution < 1.29 is 14.6 Å². The van der Waals surface area contributed by atoms with Crippen LogP contribution in [0.2, 0.25) is 0 Å². The summed E-state index contributed by atoms with van der Waals surface area (Å²) >= 11 is 0. The molecule has 0 bridgehead atoms. The molecule has 0 atom stereocenters. The minimum Gasteiger partial charge on any atom is -0.507 e. The Balaban J connectivity index is 2.20. The lowest BCUT2D eigenvalue weighted by atomic mass is 10.1. The molecule has 116 valence electrons. The van der Waals surface area contributed by atoms with Gasteiger partial charge in [-0.25, -0.2) is 0 Å². The molecule has 5 heteroatoms. The van der Waals surface area contributed by atoms with Crippen LogP contribution in [0.1, 0.15) is 12.5 Å². The Bertz CT molecular complexity index is 776. The number of benzene rings is 2. The molecule has 0 spiro atoms. The van der Waals surface area contributed by atoms with E-state index in [0.29, 0.717) is 23.6 Å². The average molecular weight is 308 g/mol. The maximum absolute atomic E-state index is 12.2. The van der Waals surface area contributed by atoms with E-state index in [1.54, 1.807) is 42.5 Å². The molecule has 0 aliphatic rings. The zero-order valence-electron chi connectivity index (χ0n) is 12.6. The number of nitrogens with zero attached hydrogens (tertiary/aromatic N) is 1. The van der Waals surface area contributed by atoms with E-state index >= 15 is 0 Å². The number of nitriles is 1. The quantitative estimate of drug-likeness (QED) is 0.655. The summed E-state index contributed by atoms with van der Waals surface area (Å²) in [7, 11) is 0. The summed E-state index contributed by atoms with van der Waals surface area (Å²) in [5.41, 5.74) is 0.829. The minimum absolute atomic E-state index is 0.00592. The SMILES string of the molecule is CCOc1cccc(NC(=O)/C(C#N)=C\c2ccccc2O)c1. The van der Waals surface area contributed by atoms with E-state index in [-0.39, 0.29) is 11.3 Å². The number of rotatable bonds is 5. The van der Waals surface area contributed by atoms with Crippen molar-refractivity contribution in [3.05, 3.63) is 59.7 Å². The monoisotopic (exact) mass is 308 g/mol. The van der Waals surface area contributed by atoms with Crippen molar-refractivity contribution in [1.82, 2.24) is 0 Å². The first kappa shape index (κ1) is 16.1. The number of ether oxygens (including phenoxy) is 1. The van der Waals surface area contributed by atoms with Crippen LogP contribution in [0.15, 0.2) is 54.1 Å². The van der Waals surface area contributed by atoms with Crippen molar-refractivity contribution in [3.63, 3.8) is 0 Å². The van der Waals surface area contributed by atoms with Crippen molar-refractivity contribution in [2.24, 2.45) is 0 Å². The van der Waals surface area contributed by atoms with E-state index in [1.807, 2.05) is 13.0 Å². The number of para-hydroxylation sites is 1. The first-order chi connectivity index (χ1) is 11.1. The molecule has 0 heterocycles. The number of hydrogen-bond donors (Lipinski definition) is 2. The number of carbonyl (C=O) groups excluding carboxylic acids is 1. The molecule has 0 saturated heterocycles. The highest BCUT2D eigenvalue weighted by atomic mass is 16.5. The standard InChI is InChI=1S/C18H16N2O3/c1-2-23-16-8-5-7-15(11-16)20-18(22)14(12-19)10-13-6-3-4-9-17(13)21/h3-11,21H,2H2,1H3,(H,20,22)/b14-10-. The minimum atomic E-state index is -0.551. The van der Waals surface area contributed by atoms with Crippen LogP contribution in [0.5, 0.6) is 11.5 Å². The number of carbonyl (C=O) groups is 1. The van der Waals surface area contributed by atoms with Gasteiger partial charge in [0.25, 0.3) is 5.91 Å². The number of anilines is 1. The molecule has 0 radical (unpaired) electrons. The van der Waals surface area contributed by atoms with Gasteiger partial charge in [0.05, 0.1) is 6.61 Å². The molecule has 0 unspecified atom stereocenters. The predicted molar refractivity (Wildman–Crippen MR) is 87.9 cm³/mol. The van der Waals surface area contributed by atoms with Gasteiger partial charge in [-0.3, -0.25) is 4.79 Å². The summed E-state index contributed by atoms with van der Waals surface area (Å²) < 4.78 is 5.36. The summed E-state index contributed by atoms with van der Waals surface area (Å²) in [5, 5.41) is 21.5. The summed E-state index contributed by atoms with van der Waals surface area (Å²) in [6.07, 6.45) is 1.34. The zero-order valence-corrected chi connectivity index (χ0v) is 12.6. The van der Waals surface area contributed by atoms with Crippen molar-refractivity contribution >= 4 is 17.7 Å². The lowest BCUT2D eigenvalue weighted by Gasteiger charge is -2.07. The van der Waals surface area contributed by atoms with Crippen LogP contribution in [-0.4, -0.2) is 17.6 Å². The molecule has 0 aliphatic carbocycles. The molecule has 0 aromatic heterocycles. The Morgan fingerprint density at radius 2 is 2.09 bits per heavy atom. The summed E-state index contributed by atoms with van der Waals surface area (Å²) in [4.78, 5) is 12.2. The van der Waals surface area contributed by atoms with Crippen LogP contribution in [0.25, 0.3) is 6.08 Å². The van der Waals surface area contributed by atoms with Gasteiger partial charge in [0.15, 0.2) is 0 Å². The number of amides is 1. The first-order valence-electron chi connectivity index (χ1n) is 7.08. The van der Waals surface area contributed by atoms with Crippen LogP contribution < -0.4 is 10.1 Å². The van der Waals surface area contributed by atoms with Gasteiger partial charge in [0.1, 0.15) is 23.1 Å². The van der Waals surface area contributed by atoms with E-state index in [1.165, 1.54) is 12.1 Å². The van der Waals surface area contributed by atoms with E-state index in [9.17, 15) is 15.2 Å². The molecule has 0 saturated carbocycles. The topological polar surface area (TPSA) is 82.3 Å². The third kappa shape index (κ3) is 4.35. The van der Waals surface area contributed by atoms with Crippen LogP contribution in [0, 0.1) is 11.3 Å². The highest BCUT2D eigenvalue weighted by Gasteiger charge is 2.11. The molecule has 5 nitrogen and oxygen atoms in total. The van der Waals surface area contributed by atoms with Crippen molar-refractivity contribution in [1.29, 1.82) is 5.26 Å². The number of nitrogens with one attached hydrogen (secondary N) is 1. The predicted octanol–water partition coefficient (Wildman–Crippen LogP) is 3.34. The molecular weight excluding hydrogens is 292 g/mol. The molecule has 0 aliphatic heterocycles. The van der Waals surface area contributed by atoms with E-state index in [4.69, 9.17) is 4.74 Å². The van der Waals surface area contributed by atoms with Crippen LogP contribution >= 0.6 is 0 Å². The second kappa shape index (κ2) is 7.66. The second-order valence-corrected chi connectivity index (χ2v) is 4.64. The number of hydrogen-bond acceptors (Lipinski definition) is 4. The molecule has 0 fully saturated rings. The van der Waals surface area contributed by atoms with E-state index in [0.717, 1.165) is 0 Å². The zero-order chi connectivity index (χ0) is 16.7. The van der Waals surface area contributed by atoms with Gasteiger partial charge in [-0.1, -0.05) is 24.3 Å². The molecule has 2 aromatic carbocycles. The fraction of sp³-hybridized carbons (Fsp3) is 0.111. The highest BCUT2D eigenvalue weighted by molar-refractivity contribution is 6.09. The first-order valence-corrected chi connectivity index (χ1v) is 7.08. The van der Waals surface area contributed by atoms with Gasteiger partial charge in [0, 0.05) is 17.3 Å². The molecule has 2 rings (SSSR count). The van der Waals surface area contributed by atoms with Gasteiger partial charge >= 0.3 is 0 Å². The molecule has 1 amide bonds. The fourth-order valence-corrected chi connectivity index (χ4v) is 1.94. The van der Waals surface area contributed by atoms with Gasteiger partial charge in [-0.05, 0) is 31.2 Å². The molecule has 23 heavy (non-hydrogen) atoms. The Kier molecular flexibility index (Phi) is 5.37. The molecule has 2 N–H and O–H groups in total. The molecular formula is C18H16N2O3. The molecule has 2 aromatic rings. The third-order valence-electron chi connectivity index (χ3n) is 3.00. The van der Waals surface area contributed by atoms with Gasteiger partial charge in [0.2, 0.25) is 0 Å². The fourth-order valence-electron chi connectivity index (χ4n) is 1.94. The van der Waals surface area contributed by atoms with Crippen molar-refractivity contribution in [2.75, 3.05) is 11.9 Å². The van der Waals surface area contributed by atoms with Crippen molar-refractivity contribution in [3.8, 4) is 17.6 Å². The van der Waals surface area contributed by atoms with Gasteiger partial charge in [-0.15, -0.1) is 0 Å². The summed E-state index contributed by atoms with van der Waals surface area (Å²) in [6.45, 7) is 2.39. The van der Waals surface area contributed by atoms with E-state index < -0.39 is 5.91 Å². The smallest absolute Gasteiger partial charge is 0.266 e. The maximum atomic E-state index is 12.2. The Labute approximate surface area is 134 Å². The van der Waals surface area contributed by atoms with Gasteiger partial charge in [-0.2, -0.15) is 5.26 Å². The maximum Gasteiger partial charge on any atom is 0.266 e. The van der Waals surface area contributed by atoms with Crippen molar-refractivity contribution in [2.45, 2.75) is 6.92 Å². The number of phenols is 1. The summed E-state index contributed by atoms with van der Waals surface area (Å²) in [6, 6.07) is 15.2. The van der Waals surface area contributed by atoms with Crippen LogP contribution in [-0.2, 0) is 4.79 Å². The number of phenolic OH excluding ortho intramolecular Hbond substituents is 1. The second-order valence-electron chi connectivity index (χ2n) is 4.64. The van der Waals surface area contributed by atoms with Crippen LogP contribution in [0.3, 0.4) is 0 Å². The Hall–Kier alpha value is -3.26.